The van der Waals surface area contributed by atoms with E-state index in [-0.39, 0.29) is 15.7 Å². The van der Waals surface area contributed by atoms with E-state index in [0.29, 0.717) is 0 Å². The van der Waals surface area contributed by atoms with Crippen molar-refractivity contribution < 1.29 is 17.9 Å². The first-order valence-corrected chi connectivity index (χ1v) is 8.05. The highest BCUT2D eigenvalue weighted by molar-refractivity contribution is 7.90. The summed E-state index contributed by atoms with van der Waals surface area (Å²) in [5, 5.41) is -0.0358. The number of methoxy groups -OCH3 is 1. The van der Waals surface area contributed by atoms with Crippen LogP contribution < -0.4 is 20.4 Å². The molecule has 0 atom stereocenters. The summed E-state index contributed by atoms with van der Waals surface area (Å²) in [4.78, 5) is 23.4. The van der Waals surface area contributed by atoms with Crippen molar-refractivity contribution in [2.75, 3.05) is 12.5 Å². The zero-order valence-electron chi connectivity index (χ0n) is 11.8. The van der Waals surface area contributed by atoms with E-state index in [0.717, 1.165) is 4.68 Å². The monoisotopic (exact) mass is 357 g/mol. The second-order valence-corrected chi connectivity index (χ2v) is 6.29. The molecule has 0 aliphatic heterocycles. The van der Waals surface area contributed by atoms with Gasteiger partial charge in [0.15, 0.2) is 5.75 Å². The second kappa shape index (κ2) is 6.71. The lowest BCUT2D eigenvalue weighted by molar-refractivity contribution is 0.254. The summed E-state index contributed by atoms with van der Waals surface area (Å²) in [6.07, 6.45) is 1.24. The molecule has 23 heavy (non-hydrogen) atoms. The largest absolute Gasteiger partial charge is 0.491 e. The van der Waals surface area contributed by atoms with Crippen molar-refractivity contribution in [3.05, 3.63) is 58.0 Å². The zero-order chi connectivity index (χ0) is 17.0. The number of hydrogen-bond donors (Lipinski definition) is 2. The average Bonchev–Trinajstić information content (AvgIpc) is 2.49. The molecule has 0 radical (unpaired) electrons. The summed E-state index contributed by atoms with van der Waals surface area (Å²) in [6, 6.07) is 7.36. The van der Waals surface area contributed by atoms with Crippen LogP contribution in [0.5, 0.6) is 5.75 Å². The highest BCUT2D eigenvalue weighted by atomic mass is 35.5. The molecular formula is C13H12ClN3O5S. The van der Waals surface area contributed by atoms with Gasteiger partial charge in [-0.05, 0) is 24.3 Å². The number of sulfonamides is 1. The van der Waals surface area contributed by atoms with Crippen LogP contribution in [0.3, 0.4) is 0 Å². The third kappa shape index (κ3) is 3.82. The van der Waals surface area contributed by atoms with Crippen LogP contribution in [0.2, 0.25) is 5.02 Å². The number of ether oxygens (including phenoxy) is 1. The Morgan fingerprint density at radius 1 is 1.22 bits per heavy atom. The van der Waals surface area contributed by atoms with Crippen LogP contribution >= 0.6 is 11.6 Å². The quantitative estimate of drug-likeness (QED) is 0.853. The molecule has 2 amide bonds. The highest BCUT2D eigenvalue weighted by Crippen LogP contribution is 2.19. The molecule has 1 heterocycles. The van der Waals surface area contributed by atoms with Crippen molar-refractivity contribution in [1.82, 2.24) is 9.40 Å². The van der Waals surface area contributed by atoms with E-state index >= 15 is 0 Å². The fourth-order valence-electron chi connectivity index (χ4n) is 1.69. The molecule has 122 valence electrons. The predicted molar refractivity (Wildman–Crippen MR) is 83.8 cm³/mol. The molecule has 2 aromatic rings. The fraction of sp³-hybridized carbons (Fsp3) is 0.0769. The number of carbonyl (C=O) groups is 1. The molecule has 0 saturated heterocycles. The minimum absolute atomic E-state index is 0.0123. The van der Waals surface area contributed by atoms with Gasteiger partial charge in [0.1, 0.15) is 4.90 Å². The molecule has 0 aliphatic carbocycles. The number of nitrogens with one attached hydrogen (secondary N) is 2. The maximum atomic E-state index is 12.1. The summed E-state index contributed by atoms with van der Waals surface area (Å²) in [5.41, 5.74) is 1.43. The summed E-state index contributed by atoms with van der Waals surface area (Å²) in [7, 11) is -2.88. The number of carbonyl (C=O) groups excluding carboxylic acids is 1. The number of amides is 2. The molecule has 0 saturated carbocycles. The number of aromatic nitrogens is 1. The van der Waals surface area contributed by atoms with Crippen LogP contribution in [0, 0.1) is 0 Å². The Balaban J connectivity index is 2.20. The van der Waals surface area contributed by atoms with E-state index < -0.39 is 21.6 Å². The minimum Gasteiger partial charge on any atom is -0.491 e. The van der Waals surface area contributed by atoms with Gasteiger partial charge in [-0.3, -0.25) is 4.79 Å². The topological polar surface area (TPSA) is 106 Å². The fourth-order valence-corrected chi connectivity index (χ4v) is 3.11. The van der Waals surface area contributed by atoms with Gasteiger partial charge in [-0.1, -0.05) is 23.7 Å². The van der Waals surface area contributed by atoms with Crippen LogP contribution in [-0.4, -0.2) is 26.2 Å². The normalized spacial score (nSPS) is 10.9. The first-order valence-electron chi connectivity index (χ1n) is 6.19. The van der Waals surface area contributed by atoms with Crippen molar-refractivity contribution >= 4 is 27.7 Å². The smallest absolute Gasteiger partial charge is 0.347 e. The molecule has 0 bridgehead atoms. The summed E-state index contributed by atoms with van der Waals surface area (Å²) in [6.45, 7) is 0. The molecule has 2 N–H and O–H groups in total. The number of benzene rings is 1. The number of hydrogen-bond acceptors (Lipinski definition) is 5. The Kier molecular flexibility index (Phi) is 4.92. The maximum absolute atomic E-state index is 12.1. The van der Waals surface area contributed by atoms with Gasteiger partial charge >= 0.3 is 11.6 Å². The summed E-state index contributed by atoms with van der Waals surface area (Å²) in [5.74, 6) is -0.0123. The van der Waals surface area contributed by atoms with Crippen LogP contribution in [0.1, 0.15) is 0 Å². The lowest BCUT2D eigenvalue weighted by atomic mass is 10.4. The SMILES string of the molecule is COc1cccn(NC(=O)NS(=O)(=O)c2ccccc2Cl)c1=O. The molecule has 10 heteroatoms. The Labute approximate surface area is 136 Å². The van der Waals surface area contributed by atoms with Crippen LogP contribution in [-0.2, 0) is 10.0 Å². The number of pyridine rings is 1. The van der Waals surface area contributed by atoms with E-state index in [2.05, 4.69) is 5.43 Å². The standard InChI is InChI=1S/C13H12ClN3O5S/c1-22-10-6-4-8-17(12(10)18)15-13(19)16-23(20,21)11-7-3-2-5-9(11)14/h2-8H,1H3,(H2,15,16,19). The van der Waals surface area contributed by atoms with Crippen molar-refractivity contribution in [2.45, 2.75) is 4.90 Å². The molecule has 0 spiro atoms. The van der Waals surface area contributed by atoms with Gasteiger partial charge in [-0.2, -0.15) is 0 Å². The van der Waals surface area contributed by atoms with E-state index in [1.807, 2.05) is 0 Å². The lowest BCUT2D eigenvalue weighted by Crippen LogP contribution is -2.41. The van der Waals surface area contributed by atoms with Crippen molar-refractivity contribution in [3.8, 4) is 5.75 Å². The molecule has 0 fully saturated rings. The number of urea groups is 1. The third-order valence-electron chi connectivity index (χ3n) is 2.71. The van der Waals surface area contributed by atoms with E-state index in [9.17, 15) is 18.0 Å². The van der Waals surface area contributed by atoms with E-state index in [1.54, 1.807) is 10.8 Å². The van der Waals surface area contributed by atoms with Gasteiger partial charge in [0.2, 0.25) is 0 Å². The number of rotatable bonds is 4. The summed E-state index contributed by atoms with van der Waals surface area (Å²) < 4.78 is 31.6. The Bertz CT molecular complexity index is 894. The predicted octanol–water partition coefficient (Wildman–Crippen LogP) is 1.15. The highest BCUT2D eigenvalue weighted by Gasteiger charge is 2.20. The van der Waals surface area contributed by atoms with Gasteiger partial charge in [0.05, 0.1) is 12.1 Å². The van der Waals surface area contributed by atoms with Gasteiger partial charge in [0, 0.05) is 6.20 Å². The van der Waals surface area contributed by atoms with E-state index in [1.165, 1.54) is 43.6 Å². The first-order chi connectivity index (χ1) is 10.8. The Hall–Kier alpha value is -2.52. The van der Waals surface area contributed by atoms with Crippen LogP contribution in [0.4, 0.5) is 4.79 Å². The molecule has 0 aliphatic rings. The maximum Gasteiger partial charge on any atom is 0.347 e. The third-order valence-corrected chi connectivity index (χ3v) is 4.54. The van der Waals surface area contributed by atoms with Gasteiger partial charge in [-0.15, -0.1) is 0 Å². The van der Waals surface area contributed by atoms with Crippen molar-refractivity contribution in [3.63, 3.8) is 0 Å². The molecule has 1 aromatic heterocycles. The van der Waals surface area contributed by atoms with Gasteiger partial charge < -0.3 is 4.74 Å². The Morgan fingerprint density at radius 2 is 1.91 bits per heavy atom. The second-order valence-electron chi connectivity index (χ2n) is 4.23. The number of halogens is 1. The lowest BCUT2D eigenvalue weighted by Gasteiger charge is -2.11. The molecule has 8 nitrogen and oxygen atoms in total. The van der Waals surface area contributed by atoms with E-state index in [4.69, 9.17) is 16.3 Å². The summed E-state index contributed by atoms with van der Waals surface area (Å²) >= 11 is 5.79. The van der Waals surface area contributed by atoms with Crippen LogP contribution in [0.15, 0.2) is 52.3 Å². The Morgan fingerprint density at radius 3 is 2.57 bits per heavy atom. The molecular weight excluding hydrogens is 346 g/mol. The first kappa shape index (κ1) is 16.8. The van der Waals surface area contributed by atoms with Crippen LogP contribution in [0.25, 0.3) is 0 Å². The van der Waals surface area contributed by atoms with Crippen molar-refractivity contribution in [1.29, 1.82) is 0 Å². The molecule has 0 unspecified atom stereocenters. The van der Waals surface area contributed by atoms with Gasteiger partial charge in [-0.25, -0.2) is 28.0 Å². The molecule has 1 aromatic carbocycles. The molecule has 2 rings (SSSR count). The van der Waals surface area contributed by atoms with Gasteiger partial charge in [0.25, 0.3) is 10.0 Å². The minimum atomic E-state index is -4.18. The average molecular weight is 358 g/mol. The zero-order valence-corrected chi connectivity index (χ0v) is 13.4. The van der Waals surface area contributed by atoms with Crippen molar-refractivity contribution in [2.24, 2.45) is 0 Å². The number of nitrogens with zero attached hydrogens (tertiary/aromatic N) is 1.